The number of ether oxygens (including phenoxy) is 1. The molecule has 0 spiro atoms. The Labute approximate surface area is 242 Å². The zero-order valence-corrected chi connectivity index (χ0v) is 25.4. The Balaban J connectivity index is 1.04. The molecule has 2 heterocycles. The van der Waals surface area contributed by atoms with E-state index in [-0.39, 0.29) is 6.10 Å². The van der Waals surface area contributed by atoms with Gasteiger partial charge < -0.3 is 14.7 Å². The highest BCUT2D eigenvalue weighted by atomic mass is 16.5. The van der Waals surface area contributed by atoms with Crippen LogP contribution in [0.15, 0.2) is 30.0 Å². The first-order chi connectivity index (χ1) is 19.2. The molecule has 0 radical (unpaired) electrons. The topological polar surface area (TPSA) is 62.7 Å². The Morgan fingerprint density at radius 1 is 1.12 bits per heavy atom. The number of aliphatic hydroxyl groups is 1. The van der Waals surface area contributed by atoms with Gasteiger partial charge in [-0.05, 0) is 123 Å². The lowest BCUT2D eigenvalue weighted by molar-refractivity contribution is -0.132. The highest BCUT2D eigenvalue weighted by Gasteiger charge is 2.59. The van der Waals surface area contributed by atoms with E-state index in [1.54, 1.807) is 12.7 Å². The normalized spacial score (nSPS) is 38.6. The molecule has 4 aliphatic carbocycles. The predicted octanol–water partition coefficient (Wildman–Crippen LogP) is 7.15. The van der Waals surface area contributed by atoms with Crippen LogP contribution in [-0.2, 0) is 4.79 Å². The first-order valence-electron chi connectivity index (χ1n) is 16.4. The quantitative estimate of drug-likeness (QED) is 0.383. The molecular formula is C35H52N2O3. The van der Waals surface area contributed by atoms with Gasteiger partial charge >= 0.3 is 0 Å². The van der Waals surface area contributed by atoms with Crippen molar-refractivity contribution in [1.82, 2.24) is 9.88 Å². The first kappa shape index (κ1) is 28.2. The zero-order chi connectivity index (χ0) is 28.1. The number of rotatable bonds is 6. The van der Waals surface area contributed by atoms with Crippen molar-refractivity contribution in [1.29, 1.82) is 0 Å². The number of hydrogen-bond acceptors (Lipinski definition) is 4. The zero-order valence-electron chi connectivity index (χ0n) is 25.4. The summed E-state index contributed by atoms with van der Waals surface area (Å²) in [5, 5.41) is 10.3. The van der Waals surface area contributed by atoms with Crippen LogP contribution in [0.4, 0.5) is 0 Å². The lowest BCUT2D eigenvalue weighted by Gasteiger charge is -2.58. The molecule has 4 fully saturated rings. The molecule has 8 atom stereocenters. The average Bonchev–Trinajstić information content (AvgIpc) is 3.33. The van der Waals surface area contributed by atoms with Crippen LogP contribution in [0.5, 0.6) is 5.75 Å². The molecule has 40 heavy (non-hydrogen) atoms. The van der Waals surface area contributed by atoms with Crippen LogP contribution in [0, 0.1) is 40.4 Å². The van der Waals surface area contributed by atoms with Crippen molar-refractivity contribution in [2.45, 2.75) is 110 Å². The predicted molar refractivity (Wildman–Crippen MR) is 159 cm³/mol. The molecule has 1 aromatic heterocycles. The summed E-state index contributed by atoms with van der Waals surface area (Å²) in [4.78, 5) is 20.0. The van der Waals surface area contributed by atoms with E-state index in [1.807, 2.05) is 18.3 Å². The van der Waals surface area contributed by atoms with Crippen LogP contribution in [0.1, 0.15) is 109 Å². The number of carbonyl (C=O) groups is 1. The van der Waals surface area contributed by atoms with Gasteiger partial charge in [0, 0.05) is 31.6 Å². The molecule has 5 heteroatoms. The Bertz CT molecular complexity index is 1110. The van der Waals surface area contributed by atoms with Crippen LogP contribution in [0.25, 0.3) is 0 Å². The number of aliphatic hydroxyl groups excluding tert-OH is 1. The smallest absolute Gasteiger partial charge is 0.222 e. The van der Waals surface area contributed by atoms with E-state index < -0.39 is 0 Å². The van der Waals surface area contributed by atoms with Crippen LogP contribution in [0.2, 0.25) is 0 Å². The minimum atomic E-state index is -0.125. The summed E-state index contributed by atoms with van der Waals surface area (Å²) in [6.45, 7) is 9.25. The molecular weight excluding hydrogens is 496 g/mol. The van der Waals surface area contributed by atoms with Crippen molar-refractivity contribution >= 4 is 5.91 Å². The number of pyridine rings is 1. The summed E-state index contributed by atoms with van der Waals surface area (Å²) in [6, 6.07) is 3.91. The van der Waals surface area contributed by atoms with Crippen LogP contribution in [-0.4, -0.2) is 47.2 Å². The standard InChI is InChI=1S/C35H52N2O3/c1-23(7-12-32(39)37-20-15-24(16-21-37)33-31(40-4)6-5-19-36-33)28-10-11-29-27-9-8-25-22-26(38)13-17-34(25,2)30(27)14-18-35(28,29)3/h5-6,8,19,23-24,26-30,38H,7,9-18,20-22H2,1-4H3/t23-,26+,27+,28-,29+,30+,34+,35-/m1/s1. The number of methoxy groups -OCH3 is 1. The fourth-order valence-electron chi connectivity index (χ4n) is 10.6. The molecule has 1 aliphatic heterocycles. The minimum Gasteiger partial charge on any atom is -0.495 e. The molecule has 1 saturated heterocycles. The van der Waals surface area contributed by atoms with Crippen LogP contribution >= 0.6 is 0 Å². The molecule has 0 bridgehead atoms. The van der Waals surface area contributed by atoms with Gasteiger partial charge in [0.25, 0.3) is 0 Å². The van der Waals surface area contributed by atoms with Crippen molar-refractivity contribution in [3.05, 3.63) is 35.7 Å². The van der Waals surface area contributed by atoms with Gasteiger partial charge in [0.1, 0.15) is 5.75 Å². The molecule has 5 nitrogen and oxygen atoms in total. The summed E-state index contributed by atoms with van der Waals surface area (Å²) >= 11 is 0. The van der Waals surface area contributed by atoms with Crippen molar-refractivity contribution in [2.75, 3.05) is 20.2 Å². The van der Waals surface area contributed by atoms with Gasteiger partial charge in [0.05, 0.1) is 18.9 Å². The van der Waals surface area contributed by atoms with E-state index in [4.69, 9.17) is 4.74 Å². The lowest BCUT2D eigenvalue weighted by Crippen LogP contribution is -2.50. The van der Waals surface area contributed by atoms with Gasteiger partial charge in [-0.3, -0.25) is 9.78 Å². The number of fused-ring (bicyclic) bond motifs is 5. The van der Waals surface area contributed by atoms with Gasteiger partial charge in [0.2, 0.25) is 5.91 Å². The third-order valence-electron chi connectivity index (χ3n) is 12.9. The molecule has 6 rings (SSSR count). The fourth-order valence-corrected chi connectivity index (χ4v) is 10.6. The average molecular weight is 549 g/mol. The highest BCUT2D eigenvalue weighted by molar-refractivity contribution is 5.76. The number of piperidine rings is 1. The van der Waals surface area contributed by atoms with Gasteiger partial charge in [-0.25, -0.2) is 0 Å². The number of hydrogen-bond donors (Lipinski definition) is 1. The van der Waals surface area contributed by atoms with Crippen LogP contribution in [0.3, 0.4) is 0 Å². The molecule has 1 N–H and O–H groups in total. The highest BCUT2D eigenvalue weighted by Crippen LogP contribution is 2.67. The molecule has 5 aliphatic rings. The second-order valence-corrected chi connectivity index (χ2v) is 14.6. The molecule has 3 saturated carbocycles. The summed E-state index contributed by atoms with van der Waals surface area (Å²) in [6.07, 6.45) is 17.6. The maximum absolute atomic E-state index is 13.3. The SMILES string of the molecule is COc1cccnc1C1CCN(C(=O)CC[C@@H](C)[C@H]2CC[C@H]3[C@@H]4CC=C5C[C@@H](O)CC[C@]5(C)[C@H]4CC[C@]23C)CC1. The number of amides is 1. The number of nitrogens with zero attached hydrogens (tertiary/aromatic N) is 2. The van der Waals surface area contributed by atoms with Crippen molar-refractivity contribution in [3.63, 3.8) is 0 Å². The van der Waals surface area contributed by atoms with E-state index in [0.29, 0.717) is 35.0 Å². The van der Waals surface area contributed by atoms with Gasteiger partial charge in [-0.2, -0.15) is 0 Å². The third-order valence-corrected chi connectivity index (χ3v) is 12.9. The summed E-state index contributed by atoms with van der Waals surface area (Å²) in [5.74, 6) is 5.34. The maximum atomic E-state index is 13.3. The van der Waals surface area contributed by atoms with E-state index in [1.165, 1.54) is 38.5 Å². The summed E-state index contributed by atoms with van der Waals surface area (Å²) in [5.41, 5.74) is 3.35. The minimum absolute atomic E-state index is 0.125. The molecule has 220 valence electrons. The lowest BCUT2D eigenvalue weighted by atomic mass is 9.47. The Morgan fingerprint density at radius 2 is 1.93 bits per heavy atom. The number of aromatic nitrogens is 1. The Morgan fingerprint density at radius 3 is 2.70 bits per heavy atom. The summed E-state index contributed by atoms with van der Waals surface area (Å²) < 4.78 is 5.54. The van der Waals surface area contributed by atoms with Gasteiger partial charge in [-0.15, -0.1) is 0 Å². The maximum Gasteiger partial charge on any atom is 0.222 e. The number of allylic oxidation sites excluding steroid dienone is 1. The van der Waals surface area contributed by atoms with E-state index in [2.05, 4.69) is 36.7 Å². The Hall–Kier alpha value is -1.88. The first-order valence-corrected chi connectivity index (χ1v) is 16.4. The van der Waals surface area contributed by atoms with Gasteiger partial charge in [0.15, 0.2) is 0 Å². The van der Waals surface area contributed by atoms with Crippen molar-refractivity contribution < 1.29 is 14.6 Å². The van der Waals surface area contributed by atoms with E-state index in [9.17, 15) is 9.90 Å². The van der Waals surface area contributed by atoms with Crippen molar-refractivity contribution in [2.24, 2.45) is 40.4 Å². The van der Waals surface area contributed by atoms with Crippen LogP contribution < -0.4 is 4.74 Å². The molecule has 0 unspecified atom stereocenters. The molecule has 1 aromatic rings. The van der Waals surface area contributed by atoms with E-state index in [0.717, 1.165) is 80.3 Å². The number of carbonyl (C=O) groups excluding carboxylic acids is 1. The monoisotopic (exact) mass is 548 g/mol. The number of likely N-dealkylation sites (tertiary alicyclic amines) is 1. The fraction of sp³-hybridized carbons (Fsp3) is 0.771. The molecule has 0 aromatic carbocycles. The second kappa shape index (κ2) is 11.1. The largest absolute Gasteiger partial charge is 0.495 e. The van der Waals surface area contributed by atoms with Crippen molar-refractivity contribution in [3.8, 4) is 5.75 Å². The second-order valence-electron chi connectivity index (χ2n) is 14.6. The Kier molecular flexibility index (Phi) is 7.82. The summed E-state index contributed by atoms with van der Waals surface area (Å²) in [7, 11) is 1.71. The van der Waals surface area contributed by atoms with Gasteiger partial charge in [-0.1, -0.05) is 32.4 Å². The van der Waals surface area contributed by atoms with E-state index >= 15 is 0 Å². The third kappa shape index (κ3) is 4.82. The molecule has 1 amide bonds.